The Morgan fingerprint density at radius 2 is 1.60 bits per heavy atom. The van der Waals surface area contributed by atoms with Gasteiger partial charge in [0.1, 0.15) is 0 Å². The van der Waals surface area contributed by atoms with Crippen LogP contribution in [-0.2, 0) is 4.43 Å². The van der Waals surface area contributed by atoms with E-state index in [1.54, 1.807) is 0 Å². The van der Waals surface area contributed by atoms with Gasteiger partial charge in [0.15, 0.2) is 8.32 Å². The van der Waals surface area contributed by atoms with Gasteiger partial charge in [-0.2, -0.15) is 0 Å². The molecular weight excluding hydrogens is 266 g/mol. The second-order valence-electron chi connectivity index (χ2n) is 6.51. The first-order valence-corrected chi connectivity index (χ1v) is 10.7. The number of nitrogens with zero attached hydrogens (tertiary/aromatic N) is 3. The fourth-order valence-electron chi connectivity index (χ4n) is 1.72. The zero-order valence-electron chi connectivity index (χ0n) is 14.9. The van der Waals surface area contributed by atoms with Crippen LogP contribution in [0.4, 0.5) is 0 Å². The van der Waals surface area contributed by atoms with Crippen molar-refractivity contribution in [3.8, 4) is 0 Å². The topological polar surface area (TPSA) is 58.0 Å². The molecule has 0 heterocycles. The largest absolute Gasteiger partial charge is 0.417 e. The summed E-state index contributed by atoms with van der Waals surface area (Å²) in [4.78, 5) is 2.36. The molecule has 120 valence electrons. The van der Waals surface area contributed by atoms with Crippen LogP contribution in [0.3, 0.4) is 0 Å². The maximum atomic E-state index is 7.33. The third kappa shape index (κ3) is 9.40. The van der Waals surface area contributed by atoms with Gasteiger partial charge < -0.3 is 4.43 Å². The van der Waals surface area contributed by atoms with E-state index in [4.69, 9.17) is 9.96 Å². The number of azide groups is 1. The molecule has 0 bridgehead atoms. The molecule has 1 saturated carbocycles. The molecule has 0 amide bonds. The minimum atomic E-state index is -1.47. The Hall–Kier alpha value is -0.513. The Kier molecular flexibility index (Phi) is 12.2. The highest BCUT2D eigenvalue weighted by atomic mass is 28.4. The summed E-state index contributed by atoms with van der Waals surface area (Å²) >= 11 is 0. The summed E-state index contributed by atoms with van der Waals surface area (Å²) in [5.41, 5.74) is 7.33. The summed E-state index contributed by atoms with van der Waals surface area (Å²) in [6.07, 6.45) is 5.64. The number of hydrogen-bond donors (Lipinski definition) is 0. The molecule has 1 aliphatic carbocycles. The molecule has 0 spiro atoms. The summed E-state index contributed by atoms with van der Waals surface area (Å²) in [7, 11) is -0.0835. The van der Waals surface area contributed by atoms with Gasteiger partial charge >= 0.3 is 0 Å². The molecule has 5 heteroatoms. The van der Waals surface area contributed by atoms with Gasteiger partial charge in [-0.15, -0.1) is 0 Å². The Morgan fingerprint density at radius 1 is 1.20 bits per heavy atom. The molecule has 0 aromatic rings. The smallest absolute Gasteiger partial charge is 0.191 e. The Labute approximate surface area is 127 Å². The van der Waals surface area contributed by atoms with E-state index in [2.05, 4.69) is 43.9 Å². The molecule has 1 aliphatic rings. The van der Waals surface area contributed by atoms with Gasteiger partial charge in [-0.25, -0.2) is 0 Å². The lowest BCUT2D eigenvalue weighted by Crippen LogP contribution is -2.41. The van der Waals surface area contributed by atoms with Crippen LogP contribution in [-0.4, -0.2) is 22.0 Å². The third-order valence-electron chi connectivity index (χ3n) is 4.05. The number of rotatable bonds is 3. The minimum absolute atomic E-state index is 0.367. The van der Waals surface area contributed by atoms with Crippen molar-refractivity contribution >= 4 is 8.32 Å². The monoisotopic (exact) mass is 301 g/mol. The van der Waals surface area contributed by atoms with Gasteiger partial charge in [-0.1, -0.05) is 52.6 Å². The van der Waals surface area contributed by atoms with E-state index < -0.39 is 8.32 Å². The normalized spacial score (nSPS) is 15.4. The summed E-state index contributed by atoms with van der Waals surface area (Å²) in [5, 5.41) is 3.28. The molecule has 20 heavy (non-hydrogen) atoms. The van der Waals surface area contributed by atoms with Gasteiger partial charge in [0.25, 0.3) is 0 Å². The van der Waals surface area contributed by atoms with Gasteiger partial charge in [-0.05, 0) is 42.4 Å². The zero-order valence-corrected chi connectivity index (χ0v) is 15.9. The first-order chi connectivity index (χ1) is 9.24. The average molecular weight is 302 g/mol. The van der Waals surface area contributed by atoms with E-state index in [1.807, 2.05) is 13.8 Å². The molecule has 1 fully saturated rings. The highest BCUT2D eigenvalue weighted by Gasteiger charge is 2.37. The molecule has 0 aromatic heterocycles. The molecule has 0 radical (unpaired) electrons. The summed E-state index contributed by atoms with van der Waals surface area (Å²) in [5.74, 6) is 0.865. The number of hydrogen-bond acceptors (Lipinski definition) is 2. The Bertz CT molecular complexity index is 275. The predicted octanol–water partition coefficient (Wildman–Crippen LogP) is 6.15. The van der Waals surface area contributed by atoms with E-state index >= 15 is 0 Å². The van der Waals surface area contributed by atoms with Crippen LogP contribution in [0.1, 0.15) is 60.3 Å². The SMILES string of the molecule is CC.CC(C)(C)[Si](C)(C)OCC1CCCC1.CN=[N+]=[N-]. The quantitative estimate of drug-likeness (QED) is 0.267. The molecular formula is C15H35N3OSi. The van der Waals surface area contributed by atoms with E-state index in [0.717, 1.165) is 12.5 Å². The maximum absolute atomic E-state index is 7.33. The van der Waals surface area contributed by atoms with Crippen molar-refractivity contribution in [2.45, 2.75) is 78.4 Å². The van der Waals surface area contributed by atoms with Gasteiger partial charge in [0.05, 0.1) is 0 Å². The van der Waals surface area contributed by atoms with Crippen molar-refractivity contribution in [3.05, 3.63) is 10.4 Å². The lowest BCUT2D eigenvalue weighted by molar-refractivity contribution is 0.230. The first kappa shape index (κ1) is 21.8. The van der Waals surface area contributed by atoms with E-state index in [9.17, 15) is 0 Å². The van der Waals surface area contributed by atoms with Crippen LogP contribution in [0.15, 0.2) is 5.11 Å². The van der Waals surface area contributed by atoms with E-state index in [-0.39, 0.29) is 0 Å². The third-order valence-corrected chi connectivity index (χ3v) is 8.55. The maximum Gasteiger partial charge on any atom is 0.191 e. The van der Waals surface area contributed by atoms with Crippen LogP contribution in [0.25, 0.3) is 10.4 Å². The molecule has 0 N–H and O–H groups in total. The molecule has 0 aliphatic heterocycles. The highest BCUT2D eigenvalue weighted by molar-refractivity contribution is 6.74. The predicted molar refractivity (Wildman–Crippen MR) is 91.5 cm³/mol. The summed E-state index contributed by atoms with van der Waals surface area (Å²) < 4.78 is 6.22. The van der Waals surface area contributed by atoms with Gasteiger partial charge in [0, 0.05) is 18.6 Å². The fraction of sp³-hybridized carbons (Fsp3) is 1.00. The van der Waals surface area contributed by atoms with Crippen molar-refractivity contribution in [3.63, 3.8) is 0 Å². The van der Waals surface area contributed by atoms with Crippen LogP contribution >= 0.6 is 0 Å². The minimum Gasteiger partial charge on any atom is -0.417 e. The second-order valence-corrected chi connectivity index (χ2v) is 11.3. The molecule has 0 aromatic carbocycles. The van der Waals surface area contributed by atoms with Crippen molar-refractivity contribution in [2.75, 3.05) is 13.7 Å². The fourth-order valence-corrected chi connectivity index (χ4v) is 2.81. The molecule has 4 nitrogen and oxygen atoms in total. The van der Waals surface area contributed by atoms with E-state index in [1.165, 1.54) is 32.7 Å². The van der Waals surface area contributed by atoms with E-state index in [0.29, 0.717) is 5.04 Å². The van der Waals surface area contributed by atoms with Gasteiger partial charge in [-0.3, -0.25) is 0 Å². The molecule has 1 rings (SSSR count). The lowest BCUT2D eigenvalue weighted by Gasteiger charge is -2.37. The van der Waals surface area contributed by atoms with Crippen molar-refractivity contribution in [1.82, 2.24) is 0 Å². The summed E-state index contributed by atoms with van der Waals surface area (Å²) in [6, 6.07) is 0. The van der Waals surface area contributed by atoms with Crippen LogP contribution < -0.4 is 0 Å². The first-order valence-electron chi connectivity index (χ1n) is 7.81. The molecule has 0 atom stereocenters. The van der Waals surface area contributed by atoms with Gasteiger partial charge in [0.2, 0.25) is 0 Å². The van der Waals surface area contributed by atoms with Crippen molar-refractivity contribution in [2.24, 2.45) is 11.0 Å². The van der Waals surface area contributed by atoms with Crippen LogP contribution in [0.2, 0.25) is 18.1 Å². The Morgan fingerprint density at radius 3 is 1.90 bits per heavy atom. The lowest BCUT2D eigenvalue weighted by atomic mass is 10.1. The van der Waals surface area contributed by atoms with Crippen LogP contribution in [0, 0.1) is 5.92 Å². The zero-order chi connectivity index (χ0) is 16.2. The highest BCUT2D eigenvalue weighted by Crippen LogP contribution is 2.37. The molecule has 0 unspecified atom stereocenters. The average Bonchev–Trinajstić information content (AvgIpc) is 2.91. The molecule has 0 saturated heterocycles. The van der Waals surface area contributed by atoms with Crippen molar-refractivity contribution in [1.29, 1.82) is 0 Å². The van der Waals surface area contributed by atoms with Crippen LogP contribution in [0.5, 0.6) is 0 Å². The standard InChI is InChI=1S/C12H26OSi.C2H6.CH3N3/c1-12(2,3)14(4,5)13-10-11-8-6-7-9-11;1-2;1-3-4-2/h11H,6-10H2,1-5H3;1-2H3;1H3. The second kappa shape index (κ2) is 11.2. The van der Waals surface area contributed by atoms with Crippen molar-refractivity contribution < 1.29 is 4.43 Å². The Balaban J connectivity index is 0. The summed E-state index contributed by atoms with van der Waals surface area (Å²) in [6.45, 7) is 16.7.